The highest BCUT2D eigenvalue weighted by molar-refractivity contribution is 5.49. The highest BCUT2D eigenvalue weighted by atomic mass is 16.5. The molecular formula is C26H36N2O3. The molecule has 0 saturated carbocycles. The molecule has 0 unspecified atom stereocenters. The van der Waals surface area contributed by atoms with Gasteiger partial charge in [0.2, 0.25) is 5.43 Å². The van der Waals surface area contributed by atoms with Crippen molar-refractivity contribution in [1.82, 2.24) is 4.90 Å². The Balaban J connectivity index is 1.69. The molecule has 0 atom stereocenters. The molecule has 2 aromatic rings. The summed E-state index contributed by atoms with van der Waals surface area (Å²) in [4.78, 5) is 17.9. The normalized spacial score (nSPS) is 14.7. The number of nitrogens with zero attached hydrogens (tertiary/aromatic N) is 2. The van der Waals surface area contributed by atoms with Crippen molar-refractivity contribution in [2.75, 3.05) is 44.8 Å². The summed E-state index contributed by atoms with van der Waals surface area (Å²) in [5.41, 5.74) is 3.19. The first kappa shape index (κ1) is 23.1. The Bertz CT molecular complexity index is 888. The summed E-state index contributed by atoms with van der Waals surface area (Å²) in [5, 5.41) is 0. The van der Waals surface area contributed by atoms with Crippen molar-refractivity contribution in [2.24, 2.45) is 0 Å². The molecule has 0 radical (unpaired) electrons. The zero-order chi connectivity index (χ0) is 22.2. The molecule has 0 N–H and O–H groups in total. The summed E-state index contributed by atoms with van der Waals surface area (Å²) in [7, 11) is 1.69. The first-order chi connectivity index (χ1) is 15.0. The summed E-state index contributed by atoms with van der Waals surface area (Å²) in [5.74, 6) is 1.72. The molecule has 5 heteroatoms. The molecule has 2 aromatic carbocycles. The van der Waals surface area contributed by atoms with Crippen LogP contribution in [0.1, 0.15) is 50.7 Å². The molecule has 0 amide bonds. The van der Waals surface area contributed by atoms with Crippen molar-refractivity contribution in [3.05, 3.63) is 63.8 Å². The molecule has 0 aromatic heterocycles. The number of rotatable bonds is 9. The monoisotopic (exact) mass is 424 g/mol. The first-order valence-corrected chi connectivity index (χ1v) is 11.4. The Morgan fingerprint density at radius 3 is 2.32 bits per heavy atom. The summed E-state index contributed by atoms with van der Waals surface area (Å²) in [6.45, 7) is 11.4. The standard InChI is InChI=1S/C26H36N2O3/c1-5-6-17-31-25-18-21(20(2)3)7-8-22(26(25)29)19-27-13-15-28(16-14-27)23-9-11-24(30-4)12-10-23/h7-12,18,20H,5-6,13-17,19H2,1-4H3. The van der Waals surface area contributed by atoms with E-state index in [1.165, 1.54) is 5.69 Å². The quantitative estimate of drug-likeness (QED) is 0.547. The zero-order valence-corrected chi connectivity index (χ0v) is 19.4. The van der Waals surface area contributed by atoms with Crippen LogP contribution >= 0.6 is 0 Å². The van der Waals surface area contributed by atoms with E-state index in [9.17, 15) is 4.79 Å². The third-order valence-electron chi connectivity index (χ3n) is 5.92. The van der Waals surface area contributed by atoms with Crippen LogP contribution in [-0.4, -0.2) is 44.8 Å². The van der Waals surface area contributed by atoms with E-state index < -0.39 is 0 Å². The van der Waals surface area contributed by atoms with Crippen LogP contribution < -0.4 is 19.8 Å². The Morgan fingerprint density at radius 1 is 1.00 bits per heavy atom. The number of hydrogen-bond acceptors (Lipinski definition) is 5. The van der Waals surface area contributed by atoms with Crippen LogP contribution in [0.25, 0.3) is 0 Å². The second-order valence-corrected chi connectivity index (χ2v) is 8.51. The van der Waals surface area contributed by atoms with Crippen molar-refractivity contribution in [3.63, 3.8) is 0 Å². The first-order valence-electron chi connectivity index (χ1n) is 11.4. The van der Waals surface area contributed by atoms with Crippen LogP contribution in [0.3, 0.4) is 0 Å². The Kier molecular flexibility index (Phi) is 8.35. The van der Waals surface area contributed by atoms with Gasteiger partial charge in [-0.1, -0.05) is 39.3 Å². The van der Waals surface area contributed by atoms with Gasteiger partial charge in [0.1, 0.15) is 5.75 Å². The maximum absolute atomic E-state index is 13.2. The molecule has 0 spiro atoms. The third kappa shape index (κ3) is 6.23. The molecule has 1 aliphatic rings. The molecule has 0 aliphatic carbocycles. The fraction of sp³-hybridized carbons (Fsp3) is 0.500. The number of benzene rings is 1. The Labute approximate surface area is 186 Å². The van der Waals surface area contributed by atoms with E-state index >= 15 is 0 Å². The fourth-order valence-electron chi connectivity index (χ4n) is 3.81. The summed E-state index contributed by atoms with van der Waals surface area (Å²) < 4.78 is 11.2. The van der Waals surface area contributed by atoms with Crippen LogP contribution in [0.5, 0.6) is 11.5 Å². The van der Waals surface area contributed by atoms with Crippen molar-refractivity contribution in [3.8, 4) is 11.5 Å². The molecule has 5 nitrogen and oxygen atoms in total. The van der Waals surface area contributed by atoms with Gasteiger partial charge in [-0.3, -0.25) is 9.69 Å². The van der Waals surface area contributed by atoms with Gasteiger partial charge in [0.15, 0.2) is 5.75 Å². The highest BCUT2D eigenvalue weighted by Gasteiger charge is 2.19. The second-order valence-electron chi connectivity index (χ2n) is 8.51. The molecule has 1 saturated heterocycles. The van der Waals surface area contributed by atoms with Crippen molar-refractivity contribution in [1.29, 1.82) is 0 Å². The summed E-state index contributed by atoms with van der Waals surface area (Å²) in [6, 6.07) is 14.2. The van der Waals surface area contributed by atoms with Crippen LogP contribution in [0.15, 0.2) is 47.3 Å². The van der Waals surface area contributed by atoms with Gasteiger partial charge in [-0.2, -0.15) is 0 Å². The predicted octanol–water partition coefficient (Wildman–Crippen LogP) is 4.68. The lowest BCUT2D eigenvalue weighted by atomic mass is 10.1. The van der Waals surface area contributed by atoms with E-state index in [1.54, 1.807) is 7.11 Å². The largest absolute Gasteiger partial charge is 0.497 e. The van der Waals surface area contributed by atoms with E-state index in [1.807, 2.05) is 24.3 Å². The van der Waals surface area contributed by atoms with E-state index in [-0.39, 0.29) is 5.43 Å². The van der Waals surface area contributed by atoms with E-state index in [0.29, 0.717) is 24.8 Å². The van der Waals surface area contributed by atoms with Crippen LogP contribution in [0.4, 0.5) is 5.69 Å². The third-order valence-corrected chi connectivity index (χ3v) is 5.92. The topological polar surface area (TPSA) is 42.0 Å². The minimum Gasteiger partial charge on any atom is -0.497 e. The molecule has 1 heterocycles. The molecule has 1 aliphatic heterocycles. The molecule has 0 bridgehead atoms. The smallest absolute Gasteiger partial charge is 0.224 e. The van der Waals surface area contributed by atoms with Crippen LogP contribution in [-0.2, 0) is 6.54 Å². The molecular weight excluding hydrogens is 388 g/mol. The number of unbranched alkanes of at least 4 members (excludes halogenated alkanes) is 1. The van der Waals surface area contributed by atoms with Gasteiger partial charge in [0.05, 0.1) is 13.7 Å². The lowest BCUT2D eigenvalue weighted by molar-refractivity contribution is 0.248. The SMILES string of the molecule is CCCCOc1cc(C(C)C)ccc(CN2CCN(c3ccc(OC)cc3)CC2)c1=O. The van der Waals surface area contributed by atoms with Crippen LogP contribution in [0, 0.1) is 0 Å². The van der Waals surface area contributed by atoms with Gasteiger partial charge in [0, 0.05) is 44.0 Å². The lowest BCUT2D eigenvalue weighted by Gasteiger charge is -2.36. The van der Waals surface area contributed by atoms with Gasteiger partial charge in [-0.05, 0) is 48.2 Å². The van der Waals surface area contributed by atoms with Gasteiger partial charge < -0.3 is 14.4 Å². The van der Waals surface area contributed by atoms with Gasteiger partial charge in [0.25, 0.3) is 0 Å². The number of methoxy groups -OCH3 is 1. The Hall–Kier alpha value is -2.53. The average Bonchev–Trinajstić information content (AvgIpc) is 2.94. The average molecular weight is 425 g/mol. The Morgan fingerprint density at radius 2 is 1.71 bits per heavy atom. The molecule has 168 valence electrons. The number of hydrogen-bond donors (Lipinski definition) is 0. The minimum atomic E-state index is 0.0283. The summed E-state index contributed by atoms with van der Waals surface area (Å²) >= 11 is 0. The number of anilines is 1. The lowest BCUT2D eigenvalue weighted by Crippen LogP contribution is -2.46. The predicted molar refractivity (Wildman–Crippen MR) is 128 cm³/mol. The van der Waals surface area contributed by atoms with Gasteiger partial charge >= 0.3 is 0 Å². The maximum Gasteiger partial charge on any atom is 0.224 e. The van der Waals surface area contributed by atoms with E-state index in [4.69, 9.17) is 9.47 Å². The van der Waals surface area contributed by atoms with Crippen LogP contribution in [0.2, 0.25) is 0 Å². The minimum absolute atomic E-state index is 0.0283. The van der Waals surface area contributed by atoms with Gasteiger partial charge in [-0.15, -0.1) is 0 Å². The molecule has 1 fully saturated rings. The maximum atomic E-state index is 13.2. The van der Waals surface area contributed by atoms with E-state index in [0.717, 1.165) is 55.9 Å². The summed E-state index contributed by atoms with van der Waals surface area (Å²) in [6.07, 6.45) is 2.01. The fourth-order valence-corrected chi connectivity index (χ4v) is 3.81. The van der Waals surface area contributed by atoms with E-state index in [2.05, 4.69) is 48.8 Å². The van der Waals surface area contributed by atoms with Gasteiger partial charge in [-0.25, -0.2) is 0 Å². The molecule has 31 heavy (non-hydrogen) atoms. The number of piperazine rings is 1. The van der Waals surface area contributed by atoms with Crippen molar-refractivity contribution < 1.29 is 9.47 Å². The second kappa shape index (κ2) is 11.2. The zero-order valence-electron chi connectivity index (χ0n) is 19.4. The number of ether oxygens (including phenoxy) is 2. The van der Waals surface area contributed by atoms with Crippen molar-refractivity contribution >= 4 is 5.69 Å². The van der Waals surface area contributed by atoms with Crippen molar-refractivity contribution in [2.45, 2.75) is 46.1 Å². The molecule has 3 rings (SSSR count). The highest BCUT2D eigenvalue weighted by Crippen LogP contribution is 2.22.